The van der Waals surface area contributed by atoms with Crippen LogP contribution in [0, 0.1) is 0 Å². The molecule has 2 N–H and O–H groups in total. The molecule has 0 aromatic heterocycles. The van der Waals surface area contributed by atoms with E-state index < -0.39 is 18.6 Å². The first-order chi connectivity index (χ1) is 5.22. The van der Waals surface area contributed by atoms with Crippen LogP contribution in [0.4, 0.5) is 13.2 Å². The molecule has 13 heavy (non-hydrogen) atoms. The number of alkyl halides is 3. The zero-order valence-electron chi connectivity index (χ0n) is 6.80. The van der Waals surface area contributed by atoms with Gasteiger partial charge in [0.15, 0.2) is 6.17 Å². The van der Waals surface area contributed by atoms with Crippen LogP contribution in [0.2, 0.25) is 0 Å². The van der Waals surface area contributed by atoms with E-state index in [1.807, 2.05) is 0 Å². The molecule has 2 nitrogen and oxygen atoms in total. The van der Waals surface area contributed by atoms with Crippen LogP contribution in [-0.4, -0.2) is 38.3 Å². The first-order valence-electron chi connectivity index (χ1n) is 3.58. The second-order valence-electron chi connectivity index (χ2n) is 2.54. The molecular weight excluding hydrogens is 317 g/mol. The SMILES string of the molecule is Br.Br.FC(F)C(F)C1CNCCN1. The van der Waals surface area contributed by atoms with Gasteiger partial charge in [0.25, 0.3) is 6.43 Å². The molecule has 1 fully saturated rings. The lowest BCUT2D eigenvalue weighted by molar-refractivity contribution is 0.0253. The van der Waals surface area contributed by atoms with Crippen LogP contribution < -0.4 is 10.6 Å². The fraction of sp³-hybridized carbons (Fsp3) is 1.00. The van der Waals surface area contributed by atoms with Crippen molar-refractivity contribution in [2.24, 2.45) is 0 Å². The summed E-state index contributed by atoms with van der Waals surface area (Å²) in [6.07, 6.45) is -4.94. The fourth-order valence-corrected chi connectivity index (χ4v) is 1.08. The molecule has 0 amide bonds. The molecule has 2 unspecified atom stereocenters. The van der Waals surface area contributed by atoms with E-state index in [1.165, 1.54) is 0 Å². The van der Waals surface area contributed by atoms with Crippen LogP contribution in [0.25, 0.3) is 0 Å². The van der Waals surface area contributed by atoms with Crippen molar-refractivity contribution < 1.29 is 13.2 Å². The standard InChI is InChI=1S/C6H11F3N2.2BrH/c7-5(6(8)9)4-3-10-1-2-11-4;;/h4-6,10-11H,1-3H2;2*1H. The monoisotopic (exact) mass is 328 g/mol. The Morgan fingerprint density at radius 1 is 1.08 bits per heavy atom. The third-order valence-electron chi connectivity index (χ3n) is 1.70. The van der Waals surface area contributed by atoms with Crippen molar-refractivity contribution in [1.82, 2.24) is 10.6 Å². The quantitative estimate of drug-likeness (QED) is 0.798. The molecular formula is C6H13Br2F3N2. The Morgan fingerprint density at radius 2 is 1.69 bits per heavy atom. The number of hydrogen-bond donors (Lipinski definition) is 2. The van der Waals surface area contributed by atoms with Gasteiger partial charge in [-0.15, -0.1) is 34.0 Å². The van der Waals surface area contributed by atoms with Gasteiger partial charge in [0.2, 0.25) is 0 Å². The molecule has 0 saturated carbocycles. The second kappa shape index (κ2) is 8.02. The van der Waals surface area contributed by atoms with E-state index >= 15 is 0 Å². The summed E-state index contributed by atoms with van der Waals surface area (Å²) in [4.78, 5) is 0. The summed E-state index contributed by atoms with van der Waals surface area (Å²) in [6, 6.07) is -0.733. The molecule has 1 rings (SSSR count). The molecule has 0 spiro atoms. The first-order valence-corrected chi connectivity index (χ1v) is 3.58. The van der Waals surface area contributed by atoms with Gasteiger partial charge in [-0.25, -0.2) is 13.2 Å². The van der Waals surface area contributed by atoms with Gasteiger partial charge < -0.3 is 10.6 Å². The summed E-state index contributed by atoms with van der Waals surface area (Å²) in [6.45, 7) is 1.55. The third kappa shape index (κ3) is 5.19. The first kappa shape index (κ1) is 16.1. The maximum absolute atomic E-state index is 12.6. The van der Waals surface area contributed by atoms with E-state index in [0.29, 0.717) is 13.1 Å². The lowest BCUT2D eigenvalue weighted by Crippen LogP contribution is -2.54. The zero-order valence-corrected chi connectivity index (χ0v) is 10.2. The maximum Gasteiger partial charge on any atom is 0.270 e. The highest BCUT2D eigenvalue weighted by Crippen LogP contribution is 2.10. The number of halogens is 5. The summed E-state index contributed by atoms with van der Waals surface area (Å²) in [5.41, 5.74) is 0. The summed E-state index contributed by atoms with van der Waals surface area (Å²) < 4.78 is 36.1. The van der Waals surface area contributed by atoms with Crippen molar-refractivity contribution >= 4 is 34.0 Å². The summed E-state index contributed by atoms with van der Waals surface area (Å²) >= 11 is 0. The minimum absolute atomic E-state index is 0. The molecule has 0 aromatic carbocycles. The predicted molar refractivity (Wildman–Crippen MR) is 56.2 cm³/mol. The number of hydrogen-bond acceptors (Lipinski definition) is 2. The fourth-order valence-electron chi connectivity index (χ4n) is 1.08. The van der Waals surface area contributed by atoms with Crippen molar-refractivity contribution in [3.63, 3.8) is 0 Å². The van der Waals surface area contributed by atoms with E-state index in [2.05, 4.69) is 10.6 Å². The Hall–Kier alpha value is 0.670. The highest BCUT2D eigenvalue weighted by molar-refractivity contribution is 8.93. The Bertz CT molecular complexity index is 122. The Balaban J connectivity index is 0. The Morgan fingerprint density at radius 3 is 2.08 bits per heavy atom. The van der Waals surface area contributed by atoms with Gasteiger partial charge in [-0.1, -0.05) is 0 Å². The van der Waals surface area contributed by atoms with Crippen LogP contribution in [0.15, 0.2) is 0 Å². The highest BCUT2D eigenvalue weighted by atomic mass is 79.9. The number of rotatable bonds is 2. The lowest BCUT2D eigenvalue weighted by atomic mass is 10.1. The van der Waals surface area contributed by atoms with Gasteiger partial charge >= 0.3 is 0 Å². The van der Waals surface area contributed by atoms with Crippen molar-refractivity contribution in [2.45, 2.75) is 18.6 Å². The second-order valence-corrected chi connectivity index (χ2v) is 2.54. The third-order valence-corrected chi connectivity index (χ3v) is 1.70. The molecule has 1 saturated heterocycles. The van der Waals surface area contributed by atoms with Gasteiger partial charge in [0.05, 0.1) is 6.04 Å². The Labute approximate surface area is 96.2 Å². The Kier molecular flexibility index (Phi) is 9.94. The van der Waals surface area contributed by atoms with Crippen LogP contribution in [0.3, 0.4) is 0 Å². The minimum Gasteiger partial charge on any atom is -0.314 e. The topological polar surface area (TPSA) is 24.1 Å². The van der Waals surface area contributed by atoms with E-state index in [9.17, 15) is 13.2 Å². The van der Waals surface area contributed by atoms with E-state index in [0.717, 1.165) is 0 Å². The van der Waals surface area contributed by atoms with Crippen LogP contribution in [0.5, 0.6) is 0 Å². The van der Waals surface area contributed by atoms with Crippen LogP contribution in [-0.2, 0) is 0 Å². The van der Waals surface area contributed by atoms with Gasteiger partial charge in [0, 0.05) is 19.6 Å². The number of nitrogens with one attached hydrogen (secondary N) is 2. The van der Waals surface area contributed by atoms with E-state index in [4.69, 9.17) is 0 Å². The molecule has 0 aromatic rings. The van der Waals surface area contributed by atoms with Crippen molar-refractivity contribution in [3.8, 4) is 0 Å². The molecule has 82 valence electrons. The largest absolute Gasteiger partial charge is 0.314 e. The molecule has 1 aliphatic rings. The average Bonchev–Trinajstić information content (AvgIpc) is 2.05. The molecule has 0 aliphatic carbocycles. The van der Waals surface area contributed by atoms with E-state index in [-0.39, 0.29) is 40.5 Å². The average molecular weight is 330 g/mol. The van der Waals surface area contributed by atoms with Crippen molar-refractivity contribution in [2.75, 3.05) is 19.6 Å². The van der Waals surface area contributed by atoms with Crippen molar-refractivity contribution in [1.29, 1.82) is 0 Å². The molecule has 1 aliphatic heterocycles. The highest BCUT2D eigenvalue weighted by Gasteiger charge is 2.30. The van der Waals surface area contributed by atoms with Gasteiger partial charge in [-0.05, 0) is 0 Å². The normalized spacial score (nSPS) is 24.5. The van der Waals surface area contributed by atoms with Gasteiger partial charge in [-0.2, -0.15) is 0 Å². The molecule has 0 radical (unpaired) electrons. The van der Waals surface area contributed by atoms with Crippen molar-refractivity contribution in [3.05, 3.63) is 0 Å². The van der Waals surface area contributed by atoms with Crippen LogP contribution in [0.1, 0.15) is 0 Å². The maximum atomic E-state index is 12.6. The lowest BCUT2D eigenvalue weighted by Gasteiger charge is -2.26. The van der Waals surface area contributed by atoms with E-state index in [1.54, 1.807) is 0 Å². The molecule has 2 atom stereocenters. The molecule has 0 bridgehead atoms. The van der Waals surface area contributed by atoms with Gasteiger partial charge in [0.1, 0.15) is 0 Å². The predicted octanol–water partition coefficient (Wildman–Crippen LogP) is 1.31. The van der Waals surface area contributed by atoms with Crippen LogP contribution >= 0.6 is 34.0 Å². The summed E-state index contributed by atoms with van der Waals surface area (Å²) in [7, 11) is 0. The zero-order chi connectivity index (χ0) is 8.27. The smallest absolute Gasteiger partial charge is 0.270 e. The number of piperazine rings is 1. The van der Waals surface area contributed by atoms with Gasteiger partial charge in [-0.3, -0.25) is 0 Å². The minimum atomic E-state index is -2.88. The summed E-state index contributed by atoms with van der Waals surface area (Å²) in [5.74, 6) is 0. The molecule has 7 heteroatoms. The molecule has 1 heterocycles. The summed E-state index contributed by atoms with van der Waals surface area (Å²) in [5, 5.41) is 5.52.